The second-order valence-electron chi connectivity index (χ2n) is 15.2. The first-order valence-corrected chi connectivity index (χ1v) is 24.4. The van der Waals surface area contributed by atoms with E-state index in [1.54, 1.807) is 13.8 Å². The van der Waals surface area contributed by atoms with Gasteiger partial charge in [0.25, 0.3) is 14.3 Å². The summed E-state index contributed by atoms with van der Waals surface area (Å²) in [5.41, 5.74) is 5.72. The second kappa shape index (κ2) is 21.7. The molecule has 2 aromatic carbocycles. The normalized spacial score (nSPS) is 12.7. The molecule has 2 rings (SSSR count). The Kier molecular flexibility index (Phi) is 21.5. The number of rotatable bonds is 16. The van der Waals surface area contributed by atoms with Crippen molar-refractivity contribution >= 4 is 47.6 Å². The van der Waals surface area contributed by atoms with Crippen LogP contribution in [-0.2, 0) is 27.1 Å². The second-order valence-corrected chi connectivity index (χ2v) is 28.9. The van der Waals surface area contributed by atoms with Gasteiger partial charge >= 0.3 is 0 Å². The lowest BCUT2D eigenvalue weighted by molar-refractivity contribution is 0.0237. The fourth-order valence-corrected chi connectivity index (χ4v) is 9.15. The smallest absolute Gasteiger partial charge is 0.295 e. The molecule has 0 saturated carbocycles. The quantitative estimate of drug-likeness (QED) is 0.105. The van der Waals surface area contributed by atoms with Crippen LogP contribution in [0.15, 0.2) is 48.5 Å². The van der Waals surface area contributed by atoms with Crippen LogP contribution in [0.2, 0.25) is 22.2 Å². The molecule has 9 heteroatoms. The van der Waals surface area contributed by atoms with Gasteiger partial charge in [0, 0.05) is 13.2 Å². The fourth-order valence-electron chi connectivity index (χ4n) is 4.43. The fraction of sp³-hybridized carbons (Fsp3) is 0.684. The van der Waals surface area contributed by atoms with E-state index in [2.05, 4.69) is 132 Å². The van der Waals surface area contributed by atoms with Crippen LogP contribution in [0.4, 0.5) is 0 Å². The van der Waals surface area contributed by atoms with Gasteiger partial charge in [0.05, 0.1) is 24.4 Å². The molecule has 0 atom stereocenters. The molecule has 0 radical (unpaired) electrons. The Bertz CT molecular complexity index is 1080. The minimum atomic E-state index is -2.25. The molecule has 2 aromatic rings. The number of hydrogen-bond acceptors (Lipinski definition) is 4. The lowest BCUT2D eigenvalue weighted by Gasteiger charge is -2.40. The topological polar surface area (TPSA) is 47.9 Å². The summed E-state index contributed by atoms with van der Waals surface area (Å²) in [6.45, 7) is 29.7. The summed E-state index contributed by atoms with van der Waals surface area (Å²) in [6, 6.07) is 16.8. The Morgan fingerprint density at radius 1 is 0.596 bits per heavy atom. The van der Waals surface area contributed by atoms with E-state index in [0.717, 1.165) is 6.42 Å². The number of hydrogen-bond donors (Lipinski definition) is 1. The predicted octanol–water partition coefficient (Wildman–Crippen LogP) is 12.6. The molecule has 0 saturated heterocycles. The highest BCUT2D eigenvalue weighted by atomic mass is 35.7. The average molecular weight is 750 g/mol. The van der Waals surface area contributed by atoms with Crippen LogP contribution in [0.3, 0.4) is 0 Å². The van der Waals surface area contributed by atoms with E-state index in [-0.39, 0.29) is 5.60 Å². The first kappa shape index (κ1) is 46.6. The minimum absolute atomic E-state index is 0.254. The third kappa shape index (κ3) is 20.1. The molecule has 0 heterocycles. The number of benzene rings is 2. The van der Waals surface area contributed by atoms with E-state index in [1.807, 2.05) is 0 Å². The van der Waals surface area contributed by atoms with Crippen LogP contribution >= 0.6 is 33.2 Å². The monoisotopic (exact) mass is 748 g/mol. The zero-order valence-corrected chi connectivity index (χ0v) is 36.2. The number of ether oxygens (including phenoxy) is 2. The van der Waals surface area contributed by atoms with E-state index in [4.69, 9.17) is 47.1 Å². The van der Waals surface area contributed by atoms with Gasteiger partial charge in [-0.2, -0.15) is 0 Å². The zero-order chi connectivity index (χ0) is 36.6. The van der Waals surface area contributed by atoms with Gasteiger partial charge in [-0.1, -0.05) is 115 Å². The molecule has 0 fully saturated rings. The van der Waals surface area contributed by atoms with E-state index in [9.17, 15) is 5.11 Å². The Morgan fingerprint density at radius 3 is 1.21 bits per heavy atom. The zero-order valence-electron chi connectivity index (χ0n) is 32.0. The van der Waals surface area contributed by atoms with E-state index < -0.39 is 19.9 Å². The number of halogens is 3. The highest BCUT2D eigenvalue weighted by molar-refractivity contribution is 7.46. The molecule has 272 valence electrons. The molecule has 0 aliphatic heterocycles. The van der Waals surface area contributed by atoms with Crippen LogP contribution in [0.25, 0.3) is 0 Å². The van der Waals surface area contributed by atoms with Gasteiger partial charge in [-0.15, -0.1) is 33.2 Å². The molecule has 0 aliphatic carbocycles. The summed E-state index contributed by atoms with van der Waals surface area (Å²) in [5, 5.41) is 9.47. The van der Waals surface area contributed by atoms with Gasteiger partial charge in [0.15, 0.2) is 0 Å². The summed E-state index contributed by atoms with van der Waals surface area (Å²) in [5.74, 6) is 0. The number of aliphatic hydroxyl groups is 1. The Balaban J connectivity index is 0.000000753. The first-order valence-electron chi connectivity index (χ1n) is 17.2. The van der Waals surface area contributed by atoms with Gasteiger partial charge < -0.3 is 19.0 Å². The van der Waals surface area contributed by atoms with Gasteiger partial charge in [-0.25, -0.2) is 0 Å². The summed E-state index contributed by atoms with van der Waals surface area (Å²) in [4.78, 5) is 0. The molecule has 47 heavy (non-hydrogen) atoms. The molecular weight excluding hydrogens is 683 g/mol. The van der Waals surface area contributed by atoms with Crippen molar-refractivity contribution in [3.63, 3.8) is 0 Å². The predicted molar refractivity (Wildman–Crippen MR) is 212 cm³/mol. The molecule has 0 bridgehead atoms. The SMILES string of the molecule is CC(C)[Si](Cl)(Cl)C(C)C.Cc1ccc(COCCC(C)(C)O)cc1.Cc1ccc(COCCC(C)(C)O[Si](Cl)(C(C)C)C(C)C)cc1. The maximum absolute atomic E-state index is 9.47. The molecule has 1 N–H and O–H groups in total. The summed E-state index contributed by atoms with van der Waals surface area (Å²) >= 11 is 19.1. The van der Waals surface area contributed by atoms with Crippen molar-refractivity contribution in [1.82, 2.24) is 0 Å². The van der Waals surface area contributed by atoms with Gasteiger partial charge in [-0.3, -0.25) is 0 Å². The number of aryl methyl sites for hydroxylation is 2. The van der Waals surface area contributed by atoms with Gasteiger partial charge in [0.2, 0.25) is 0 Å². The van der Waals surface area contributed by atoms with Crippen LogP contribution in [-0.4, -0.2) is 43.8 Å². The molecule has 4 nitrogen and oxygen atoms in total. The lowest BCUT2D eigenvalue weighted by Crippen LogP contribution is -2.46. The Hall–Kier alpha value is -0.416. The van der Waals surface area contributed by atoms with Crippen molar-refractivity contribution in [2.75, 3.05) is 13.2 Å². The van der Waals surface area contributed by atoms with Crippen LogP contribution in [0.5, 0.6) is 0 Å². The summed E-state index contributed by atoms with van der Waals surface area (Å²) in [6.07, 6.45) is 1.51. The maximum atomic E-state index is 9.47. The largest absolute Gasteiger partial charge is 0.397 e. The van der Waals surface area contributed by atoms with Crippen molar-refractivity contribution in [3.05, 3.63) is 70.8 Å². The third-order valence-electron chi connectivity index (χ3n) is 8.03. The Morgan fingerprint density at radius 2 is 0.936 bits per heavy atom. The van der Waals surface area contributed by atoms with E-state index in [0.29, 0.717) is 55.0 Å². The van der Waals surface area contributed by atoms with Crippen molar-refractivity contribution in [2.24, 2.45) is 0 Å². The van der Waals surface area contributed by atoms with Crippen molar-refractivity contribution in [1.29, 1.82) is 0 Å². The van der Waals surface area contributed by atoms with Gasteiger partial charge in [0.1, 0.15) is 0 Å². The summed E-state index contributed by atoms with van der Waals surface area (Å²) in [7, 11) is -2.25. The van der Waals surface area contributed by atoms with Crippen LogP contribution in [0, 0.1) is 13.8 Å². The highest BCUT2D eigenvalue weighted by Crippen LogP contribution is 2.41. The molecular formula is C38H67Cl3O4Si2. The lowest BCUT2D eigenvalue weighted by atomic mass is 10.1. The maximum Gasteiger partial charge on any atom is 0.295 e. The van der Waals surface area contributed by atoms with Gasteiger partial charge in [-0.05, 0) is 87.7 Å². The van der Waals surface area contributed by atoms with Crippen molar-refractivity contribution < 1.29 is 19.0 Å². The van der Waals surface area contributed by atoms with Crippen LogP contribution in [0.1, 0.15) is 118 Å². The van der Waals surface area contributed by atoms with Crippen LogP contribution < -0.4 is 0 Å². The van der Waals surface area contributed by atoms with Crippen molar-refractivity contribution in [2.45, 2.75) is 156 Å². The molecule has 0 aliphatic rings. The Labute approximate surface area is 305 Å². The standard InChI is InChI=1S/C19H33ClO2Si.C13H20O2.C6H14Cl2Si/c1-15(2)23(20,16(3)4)22-19(6,7)12-13-21-14-18-10-8-17(5)9-11-18;1-11-4-6-12(7-5-11)10-15-9-8-13(2,3)14;1-5(2)9(7,8)6(3)4/h8-11,15-16H,12-14H2,1-7H3;4-7,14H,8-10H2,1-3H3;5-6H,1-4H3. The highest BCUT2D eigenvalue weighted by Gasteiger charge is 2.44. The molecule has 0 unspecified atom stereocenters. The average Bonchev–Trinajstić information content (AvgIpc) is 2.95. The third-order valence-corrected chi connectivity index (χ3v) is 23.2. The molecule has 0 aromatic heterocycles. The minimum Gasteiger partial charge on any atom is -0.397 e. The summed E-state index contributed by atoms with van der Waals surface area (Å²) < 4.78 is 17.7. The molecule has 0 spiro atoms. The van der Waals surface area contributed by atoms with E-state index >= 15 is 0 Å². The van der Waals surface area contributed by atoms with E-state index in [1.165, 1.54) is 22.3 Å². The first-order chi connectivity index (χ1) is 21.4. The molecule has 0 amide bonds. The van der Waals surface area contributed by atoms with Crippen molar-refractivity contribution in [3.8, 4) is 0 Å².